The molecule has 1 aliphatic rings. The van der Waals surface area contributed by atoms with E-state index in [2.05, 4.69) is 20.4 Å². The third kappa shape index (κ3) is 7.68. The van der Waals surface area contributed by atoms with Gasteiger partial charge in [-0.15, -0.1) is 0 Å². The molecule has 43 heavy (non-hydrogen) atoms. The predicted octanol–water partition coefficient (Wildman–Crippen LogP) is 4.63. The molecule has 2 atom stereocenters. The van der Waals surface area contributed by atoms with Crippen LogP contribution in [-0.4, -0.2) is 40.6 Å². The second kappa shape index (κ2) is 13.7. The number of fused-ring (bicyclic) bond motifs is 1. The normalized spacial score (nSPS) is 14.9. The van der Waals surface area contributed by atoms with Gasteiger partial charge in [0.15, 0.2) is 0 Å². The first-order valence-electron chi connectivity index (χ1n) is 13.6. The van der Waals surface area contributed by atoms with Gasteiger partial charge in [-0.1, -0.05) is 48.0 Å². The number of carbonyl (C=O) groups excluding carboxylic acids is 2. The molecular weight excluding hydrogens is 580 g/mol. The van der Waals surface area contributed by atoms with Crippen LogP contribution in [0.2, 0.25) is 5.02 Å². The summed E-state index contributed by atoms with van der Waals surface area (Å²) in [6, 6.07) is 17.8. The molecule has 0 radical (unpaired) electrons. The third-order valence-corrected chi connectivity index (χ3v) is 7.40. The Morgan fingerprint density at radius 1 is 1.09 bits per heavy atom. The van der Waals surface area contributed by atoms with Crippen LogP contribution in [0.25, 0.3) is 0 Å². The Bertz CT molecular complexity index is 1560. The molecule has 0 saturated carbocycles. The fourth-order valence-electron chi connectivity index (χ4n) is 4.97. The summed E-state index contributed by atoms with van der Waals surface area (Å²) in [5.74, 6) is -0.553. The van der Waals surface area contributed by atoms with Crippen molar-refractivity contribution in [2.75, 3.05) is 6.61 Å². The first-order valence-corrected chi connectivity index (χ1v) is 14.0. The summed E-state index contributed by atoms with van der Waals surface area (Å²) in [6.07, 6.45) is 4.37. The number of halogens is 3. The van der Waals surface area contributed by atoms with Crippen LogP contribution in [0.5, 0.6) is 11.5 Å². The SMILES string of the molecule is NC(=O)[C@H](Cc1ccc(Cl)cc1)NC(=O)c1cccc2c1OCCC2NCc1cncn1Cc1ccc(OC(F)F)cc1. The lowest BCUT2D eigenvalue weighted by atomic mass is 9.96. The number of amides is 2. The van der Waals surface area contributed by atoms with Gasteiger partial charge >= 0.3 is 6.61 Å². The number of para-hydroxylation sites is 1. The number of primary amides is 1. The molecule has 5 rings (SSSR count). The molecule has 1 aromatic heterocycles. The van der Waals surface area contributed by atoms with Crippen molar-refractivity contribution in [1.82, 2.24) is 20.2 Å². The first-order chi connectivity index (χ1) is 20.8. The zero-order valence-electron chi connectivity index (χ0n) is 23.0. The summed E-state index contributed by atoms with van der Waals surface area (Å²) in [4.78, 5) is 29.8. The van der Waals surface area contributed by atoms with Gasteiger partial charge < -0.3 is 30.4 Å². The highest BCUT2D eigenvalue weighted by Gasteiger charge is 2.28. The summed E-state index contributed by atoms with van der Waals surface area (Å²) < 4.78 is 37.2. The molecule has 2 heterocycles. The lowest BCUT2D eigenvalue weighted by Gasteiger charge is -2.28. The standard InChI is InChI=1S/C31H30ClF2N5O4/c32-21-8-4-19(5-9-21)14-27(29(35)40)38-30(41)25-3-1-2-24-26(12-13-42-28(24)25)37-16-22-15-36-18-39(22)17-20-6-10-23(11-7-20)43-31(33)34/h1-11,15,18,26-27,31,37H,12-14,16-17H2,(H2,35,40)(H,38,41)/t26?,27-/m0/s1. The molecule has 3 aromatic carbocycles. The largest absolute Gasteiger partial charge is 0.492 e. The van der Waals surface area contributed by atoms with E-state index in [0.717, 1.165) is 22.4 Å². The molecule has 12 heteroatoms. The Morgan fingerprint density at radius 3 is 2.56 bits per heavy atom. The number of nitrogens with zero attached hydrogens (tertiary/aromatic N) is 2. The highest BCUT2D eigenvalue weighted by Crippen LogP contribution is 2.35. The van der Waals surface area contributed by atoms with E-state index in [1.165, 1.54) is 12.1 Å². The Labute approximate surface area is 252 Å². The fourth-order valence-corrected chi connectivity index (χ4v) is 5.09. The van der Waals surface area contributed by atoms with Gasteiger partial charge in [-0.3, -0.25) is 9.59 Å². The zero-order chi connectivity index (χ0) is 30.3. The summed E-state index contributed by atoms with van der Waals surface area (Å²) in [6.45, 7) is -1.49. The van der Waals surface area contributed by atoms with Gasteiger partial charge in [0.1, 0.15) is 17.5 Å². The van der Waals surface area contributed by atoms with Crippen LogP contribution in [0.3, 0.4) is 0 Å². The van der Waals surface area contributed by atoms with Gasteiger partial charge in [0.05, 0.1) is 24.2 Å². The van der Waals surface area contributed by atoms with Gasteiger partial charge in [0.2, 0.25) is 5.91 Å². The van der Waals surface area contributed by atoms with Crippen molar-refractivity contribution in [2.45, 2.75) is 44.6 Å². The minimum absolute atomic E-state index is 0.101. The van der Waals surface area contributed by atoms with Gasteiger partial charge in [0, 0.05) is 48.8 Å². The Kier molecular flexibility index (Phi) is 9.53. The number of nitrogens with one attached hydrogen (secondary N) is 2. The number of ether oxygens (including phenoxy) is 2. The summed E-state index contributed by atoms with van der Waals surface area (Å²) in [7, 11) is 0. The number of aromatic nitrogens is 2. The molecule has 1 unspecified atom stereocenters. The Balaban J connectivity index is 1.25. The molecular formula is C31H30ClF2N5O4. The molecule has 9 nitrogen and oxygen atoms in total. The predicted molar refractivity (Wildman–Crippen MR) is 156 cm³/mol. The first kappa shape index (κ1) is 30.0. The van der Waals surface area contributed by atoms with E-state index in [1.807, 2.05) is 10.6 Å². The van der Waals surface area contributed by atoms with Crippen molar-refractivity contribution in [3.05, 3.63) is 112 Å². The summed E-state index contributed by atoms with van der Waals surface area (Å²) >= 11 is 5.96. The quantitative estimate of drug-likeness (QED) is 0.215. The van der Waals surface area contributed by atoms with Gasteiger partial charge in [-0.25, -0.2) is 4.98 Å². The van der Waals surface area contributed by atoms with Crippen molar-refractivity contribution < 1.29 is 27.8 Å². The minimum atomic E-state index is -2.87. The number of nitrogens with two attached hydrogens (primary N) is 1. The van der Waals surface area contributed by atoms with Gasteiger partial charge in [0.25, 0.3) is 5.91 Å². The number of rotatable bonds is 12. The Hall–Kier alpha value is -4.48. The molecule has 224 valence electrons. The smallest absolute Gasteiger partial charge is 0.387 e. The number of carbonyl (C=O) groups is 2. The van der Waals surface area contributed by atoms with E-state index >= 15 is 0 Å². The number of hydrogen-bond acceptors (Lipinski definition) is 6. The third-order valence-electron chi connectivity index (χ3n) is 7.15. The number of imidazole rings is 1. The van der Waals surface area contributed by atoms with Crippen LogP contribution in [0.1, 0.15) is 45.2 Å². The molecule has 0 bridgehead atoms. The average molecular weight is 610 g/mol. The second-order valence-corrected chi connectivity index (χ2v) is 10.5. The number of alkyl halides is 2. The van der Waals surface area contributed by atoms with Crippen molar-refractivity contribution in [1.29, 1.82) is 0 Å². The topological polar surface area (TPSA) is 121 Å². The fraction of sp³-hybridized carbons (Fsp3) is 0.258. The summed E-state index contributed by atoms with van der Waals surface area (Å²) in [5, 5.41) is 6.86. The van der Waals surface area contributed by atoms with Crippen LogP contribution in [0, 0.1) is 0 Å². The molecule has 2 amide bonds. The monoisotopic (exact) mass is 609 g/mol. The van der Waals surface area contributed by atoms with Crippen LogP contribution < -0.4 is 25.8 Å². The molecule has 4 aromatic rings. The van der Waals surface area contributed by atoms with Crippen LogP contribution in [0.15, 0.2) is 79.3 Å². The molecule has 0 saturated heterocycles. The maximum atomic E-state index is 13.3. The molecule has 0 aliphatic carbocycles. The van der Waals surface area contributed by atoms with E-state index in [9.17, 15) is 18.4 Å². The average Bonchev–Trinajstić information content (AvgIpc) is 3.43. The van der Waals surface area contributed by atoms with E-state index in [-0.39, 0.29) is 18.2 Å². The zero-order valence-corrected chi connectivity index (χ0v) is 23.8. The van der Waals surface area contributed by atoms with Crippen molar-refractivity contribution >= 4 is 23.4 Å². The van der Waals surface area contributed by atoms with Gasteiger partial charge in [-0.2, -0.15) is 8.78 Å². The lowest BCUT2D eigenvalue weighted by molar-refractivity contribution is -0.119. The molecule has 1 aliphatic heterocycles. The van der Waals surface area contributed by atoms with Gasteiger partial charge in [-0.05, 0) is 41.5 Å². The van der Waals surface area contributed by atoms with E-state index < -0.39 is 24.5 Å². The Morgan fingerprint density at radius 2 is 1.84 bits per heavy atom. The van der Waals surface area contributed by atoms with Crippen molar-refractivity contribution in [2.24, 2.45) is 5.73 Å². The maximum Gasteiger partial charge on any atom is 0.387 e. The van der Waals surface area contributed by atoms with Crippen molar-refractivity contribution in [3.63, 3.8) is 0 Å². The molecule has 4 N–H and O–H groups in total. The maximum absolute atomic E-state index is 13.3. The van der Waals surface area contributed by atoms with Crippen molar-refractivity contribution in [3.8, 4) is 11.5 Å². The minimum Gasteiger partial charge on any atom is -0.492 e. The summed E-state index contributed by atoms with van der Waals surface area (Å²) in [5.41, 5.74) is 9.38. The van der Waals surface area contributed by atoms with Crippen LogP contribution in [0.4, 0.5) is 8.78 Å². The van der Waals surface area contributed by atoms with E-state index in [1.54, 1.807) is 61.1 Å². The number of benzene rings is 3. The second-order valence-electron chi connectivity index (χ2n) is 10.1. The lowest BCUT2D eigenvalue weighted by Crippen LogP contribution is -2.46. The molecule has 0 fully saturated rings. The molecule has 0 spiro atoms. The van der Waals surface area contributed by atoms with E-state index in [4.69, 9.17) is 22.1 Å². The number of hydrogen-bond donors (Lipinski definition) is 3. The van der Waals surface area contributed by atoms with Crippen LogP contribution in [-0.2, 0) is 24.3 Å². The van der Waals surface area contributed by atoms with E-state index in [0.29, 0.717) is 42.5 Å². The highest BCUT2D eigenvalue weighted by molar-refractivity contribution is 6.30. The van der Waals surface area contributed by atoms with Crippen LogP contribution >= 0.6 is 11.6 Å². The highest BCUT2D eigenvalue weighted by atomic mass is 35.5.